The zero-order valence-electron chi connectivity index (χ0n) is 21.5. The Morgan fingerprint density at radius 2 is 0.786 bits per heavy atom. The van der Waals surface area contributed by atoms with Crippen LogP contribution in [0.5, 0.6) is 0 Å². The second-order valence-electron chi connectivity index (χ2n) is 7.22. The first-order valence-corrected chi connectivity index (χ1v) is 12.7. The van der Waals surface area contributed by atoms with Crippen molar-refractivity contribution >= 4 is 0 Å². The monoisotopic (exact) mass is 400 g/mol. The van der Waals surface area contributed by atoms with E-state index in [9.17, 15) is 0 Å². The van der Waals surface area contributed by atoms with E-state index in [0.29, 0.717) is 0 Å². The summed E-state index contributed by atoms with van der Waals surface area (Å²) in [4.78, 5) is 0. The van der Waals surface area contributed by atoms with Crippen LogP contribution in [-0.2, 0) is 0 Å². The molecule has 174 valence electrons. The van der Waals surface area contributed by atoms with Gasteiger partial charge in [0.1, 0.15) is 0 Å². The highest BCUT2D eigenvalue weighted by Gasteiger charge is 1.87. The molecule has 0 unspecified atom stereocenters. The molecule has 0 aliphatic carbocycles. The minimum absolute atomic E-state index is 1.11. The standard InChI is InChI=1S/C10H23N.C7H17N.C6H12.C3H8/c1-3-5-7-9-11-10-8-6-4-2;1-3-5-6-7-8-4-2;1-3-5-6-4-2;1-3-2/h11H,3-10H2,1-2H3;8H,3-7H2,1-2H3;5-6H,3-4H2,1-2H3;3H2,1-2H3/b;;6-5-;. The van der Waals surface area contributed by atoms with Gasteiger partial charge in [-0.2, -0.15) is 0 Å². The van der Waals surface area contributed by atoms with Gasteiger partial charge in [0.2, 0.25) is 0 Å². The molecule has 0 amide bonds. The molecule has 0 saturated heterocycles. The lowest BCUT2D eigenvalue weighted by atomic mass is 10.2. The Morgan fingerprint density at radius 3 is 1.04 bits per heavy atom. The summed E-state index contributed by atoms with van der Waals surface area (Å²) in [6.07, 6.45) is 20.1. The van der Waals surface area contributed by atoms with Gasteiger partial charge in [-0.25, -0.2) is 0 Å². The van der Waals surface area contributed by atoms with Crippen LogP contribution >= 0.6 is 0 Å². The summed E-state index contributed by atoms with van der Waals surface area (Å²) >= 11 is 0. The molecule has 28 heavy (non-hydrogen) atoms. The van der Waals surface area contributed by atoms with E-state index in [2.05, 4.69) is 78.2 Å². The highest BCUT2D eigenvalue weighted by Crippen LogP contribution is 1.93. The smallest absolute Gasteiger partial charge is 0.00489 e. The van der Waals surface area contributed by atoms with E-state index >= 15 is 0 Å². The summed E-state index contributed by atoms with van der Waals surface area (Å²) in [5.74, 6) is 0. The maximum atomic E-state index is 3.46. The minimum Gasteiger partial charge on any atom is -0.317 e. The second kappa shape index (κ2) is 45.4. The van der Waals surface area contributed by atoms with Crippen LogP contribution in [0.2, 0.25) is 0 Å². The third-order valence-electron chi connectivity index (χ3n) is 3.76. The summed E-state index contributed by atoms with van der Waals surface area (Å²) in [6.45, 7) is 22.2. The SMILES string of the molecule is CC/C=C\CC.CCC.CCCCCNCC.CCCCCNCCCCC. The number of allylic oxidation sites excluding steroid dienone is 2. The van der Waals surface area contributed by atoms with Crippen molar-refractivity contribution in [3.05, 3.63) is 12.2 Å². The normalized spacial score (nSPS) is 9.71. The highest BCUT2D eigenvalue weighted by atomic mass is 14.8. The fourth-order valence-corrected chi connectivity index (χ4v) is 2.14. The van der Waals surface area contributed by atoms with Crippen LogP contribution in [0.1, 0.15) is 132 Å². The largest absolute Gasteiger partial charge is 0.317 e. The van der Waals surface area contributed by atoms with Crippen molar-refractivity contribution in [1.29, 1.82) is 0 Å². The van der Waals surface area contributed by atoms with Gasteiger partial charge in [0.25, 0.3) is 0 Å². The Morgan fingerprint density at radius 1 is 0.464 bits per heavy atom. The Hall–Kier alpha value is -0.340. The van der Waals surface area contributed by atoms with Crippen molar-refractivity contribution in [2.75, 3.05) is 26.2 Å². The summed E-state index contributed by atoms with van der Waals surface area (Å²) < 4.78 is 0. The van der Waals surface area contributed by atoms with Crippen LogP contribution in [0, 0.1) is 0 Å². The topological polar surface area (TPSA) is 24.1 Å². The van der Waals surface area contributed by atoms with Crippen molar-refractivity contribution in [1.82, 2.24) is 10.6 Å². The first-order chi connectivity index (χ1) is 13.7. The average Bonchev–Trinajstić information content (AvgIpc) is 2.71. The van der Waals surface area contributed by atoms with Gasteiger partial charge < -0.3 is 10.6 Å². The molecule has 0 aliphatic heterocycles. The van der Waals surface area contributed by atoms with Gasteiger partial charge in [-0.3, -0.25) is 0 Å². The van der Waals surface area contributed by atoms with Crippen LogP contribution in [0.3, 0.4) is 0 Å². The summed E-state index contributed by atoms with van der Waals surface area (Å²) in [5, 5.41) is 6.74. The molecule has 2 nitrogen and oxygen atoms in total. The number of hydrogen-bond donors (Lipinski definition) is 2. The Kier molecular flexibility index (Phi) is 57.0. The predicted molar refractivity (Wildman–Crippen MR) is 136 cm³/mol. The molecule has 2 heteroatoms. The Balaban J connectivity index is -0.000000149. The molecule has 0 fully saturated rings. The number of rotatable bonds is 15. The summed E-state index contributed by atoms with van der Waals surface area (Å²) in [7, 11) is 0. The lowest BCUT2D eigenvalue weighted by Gasteiger charge is -2.02. The molecule has 0 aromatic heterocycles. The number of unbranched alkanes of at least 4 members (excludes halogenated alkanes) is 6. The maximum absolute atomic E-state index is 3.46. The van der Waals surface area contributed by atoms with Gasteiger partial charge in [-0.1, -0.05) is 112 Å². The van der Waals surface area contributed by atoms with Gasteiger partial charge in [0.05, 0.1) is 0 Å². The molecule has 0 rings (SSSR count). The average molecular weight is 401 g/mol. The van der Waals surface area contributed by atoms with Crippen LogP contribution in [0.4, 0.5) is 0 Å². The first kappa shape index (κ1) is 35.1. The molecule has 0 bridgehead atoms. The zero-order valence-corrected chi connectivity index (χ0v) is 21.5. The van der Waals surface area contributed by atoms with Crippen molar-refractivity contribution in [2.24, 2.45) is 0 Å². The van der Waals surface area contributed by atoms with E-state index in [1.807, 2.05) is 0 Å². The van der Waals surface area contributed by atoms with Crippen molar-refractivity contribution < 1.29 is 0 Å². The quantitative estimate of drug-likeness (QED) is 0.212. The number of hydrogen-bond acceptors (Lipinski definition) is 2. The van der Waals surface area contributed by atoms with Gasteiger partial charge in [-0.15, -0.1) is 0 Å². The van der Waals surface area contributed by atoms with E-state index in [-0.39, 0.29) is 0 Å². The Bertz CT molecular complexity index is 194. The molecule has 0 aliphatic rings. The molecule has 0 radical (unpaired) electrons. The molecule has 0 aromatic rings. The number of nitrogens with one attached hydrogen (secondary N) is 2. The maximum Gasteiger partial charge on any atom is -0.00489 e. The second-order valence-corrected chi connectivity index (χ2v) is 7.22. The molecule has 0 heterocycles. The zero-order chi connectivity index (χ0) is 22.1. The fourth-order valence-electron chi connectivity index (χ4n) is 2.14. The third kappa shape index (κ3) is 63.6. The molecular weight excluding hydrogens is 340 g/mol. The van der Waals surface area contributed by atoms with E-state index in [0.717, 1.165) is 6.54 Å². The first-order valence-electron chi connectivity index (χ1n) is 12.7. The molecule has 0 aromatic carbocycles. The molecule has 0 atom stereocenters. The van der Waals surface area contributed by atoms with Crippen LogP contribution < -0.4 is 10.6 Å². The van der Waals surface area contributed by atoms with Gasteiger partial charge in [0.15, 0.2) is 0 Å². The van der Waals surface area contributed by atoms with Crippen LogP contribution in [0.15, 0.2) is 12.2 Å². The van der Waals surface area contributed by atoms with E-state index in [1.54, 1.807) is 0 Å². The molecule has 0 saturated carbocycles. The van der Waals surface area contributed by atoms with Gasteiger partial charge >= 0.3 is 0 Å². The Labute approximate surface area is 181 Å². The summed E-state index contributed by atoms with van der Waals surface area (Å²) in [6, 6.07) is 0. The lowest BCUT2D eigenvalue weighted by Crippen LogP contribution is -2.16. The van der Waals surface area contributed by atoms with E-state index in [1.165, 1.54) is 96.7 Å². The molecule has 2 N–H and O–H groups in total. The predicted octanol–water partition coefficient (Wildman–Crippen LogP) is 8.52. The fraction of sp³-hybridized carbons (Fsp3) is 0.923. The van der Waals surface area contributed by atoms with Crippen molar-refractivity contribution in [2.45, 2.75) is 132 Å². The van der Waals surface area contributed by atoms with Crippen molar-refractivity contribution in [3.8, 4) is 0 Å². The third-order valence-corrected chi connectivity index (χ3v) is 3.76. The van der Waals surface area contributed by atoms with Crippen LogP contribution in [0.25, 0.3) is 0 Å². The van der Waals surface area contributed by atoms with E-state index in [4.69, 9.17) is 0 Å². The molecule has 0 spiro atoms. The summed E-state index contributed by atoms with van der Waals surface area (Å²) in [5.41, 5.74) is 0. The van der Waals surface area contributed by atoms with E-state index < -0.39 is 0 Å². The van der Waals surface area contributed by atoms with Crippen LogP contribution in [-0.4, -0.2) is 26.2 Å². The highest BCUT2D eigenvalue weighted by molar-refractivity contribution is 4.77. The van der Waals surface area contributed by atoms with Gasteiger partial charge in [0, 0.05) is 0 Å². The van der Waals surface area contributed by atoms with Crippen molar-refractivity contribution in [3.63, 3.8) is 0 Å². The lowest BCUT2D eigenvalue weighted by molar-refractivity contribution is 0.583. The molecular formula is C26H60N2. The van der Waals surface area contributed by atoms with Gasteiger partial charge in [-0.05, 0) is 58.3 Å². The minimum atomic E-state index is 1.11.